The first kappa shape index (κ1) is 13.0. The van der Waals surface area contributed by atoms with E-state index in [0.717, 1.165) is 25.9 Å². The molecule has 1 spiro atoms. The lowest BCUT2D eigenvalue weighted by Crippen LogP contribution is -2.56. The van der Waals surface area contributed by atoms with Crippen LogP contribution in [0, 0.1) is 0 Å². The third kappa shape index (κ3) is 2.40. The summed E-state index contributed by atoms with van der Waals surface area (Å²) in [6, 6.07) is 0. The number of nitrogens with one attached hydrogen (secondary N) is 2. The van der Waals surface area contributed by atoms with E-state index in [0.29, 0.717) is 19.7 Å². The lowest BCUT2D eigenvalue weighted by Gasteiger charge is -2.43. The predicted octanol–water partition coefficient (Wildman–Crippen LogP) is -0.447. The number of aromatic amines is 1. The van der Waals surface area contributed by atoms with Crippen molar-refractivity contribution < 1.29 is 13.2 Å². The molecule has 0 aliphatic carbocycles. The Morgan fingerprint density at radius 2 is 2.16 bits per heavy atom. The zero-order valence-corrected chi connectivity index (χ0v) is 11.4. The minimum Gasteiger partial charge on any atom is -0.372 e. The smallest absolute Gasteiger partial charge is 0.246 e. The Morgan fingerprint density at radius 3 is 2.74 bits per heavy atom. The van der Waals surface area contributed by atoms with Crippen molar-refractivity contribution in [3.8, 4) is 0 Å². The van der Waals surface area contributed by atoms with Gasteiger partial charge in [-0.1, -0.05) is 0 Å². The van der Waals surface area contributed by atoms with Crippen LogP contribution in [0.15, 0.2) is 17.3 Å². The molecule has 1 aromatic heterocycles. The number of sulfonamides is 1. The molecule has 3 rings (SSSR count). The van der Waals surface area contributed by atoms with Gasteiger partial charge in [0.15, 0.2) is 0 Å². The first-order chi connectivity index (χ1) is 9.12. The lowest BCUT2D eigenvalue weighted by atomic mass is 9.91. The number of morpholine rings is 1. The van der Waals surface area contributed by atoms with Crippen LogP contribution in [0.25, 0.3) is 0 Å². The van der Waals surface area contributed by atoms with Gasteiger partial charge in [-0.05, 0) is 12.8 Å². The average Bonchev–Trinajstić information content (AvgIpc) is 2.95. The molecule has 2 aliphatic heterocycles. The summed E-state index contributed by atoms with van der Waals surface area (Å²) in [5, 5.41) is 9.56. The summed E-state index contributed by atoms with van der Waals surface area (Å²) in [7, 11) is -3.41. The molecule has 0 unspecified atom stereocenters. The number of H-pyrrole nitrogens is 1. The number of hydrogen-bond donors (Lipinski definition) is 2. The Kier molecular flexibility index (Phi) is 3.34. The molecule has 8 heteroatoms. The summed E-state index contributed by atoms with van der Waals surface area (Å²) in [6.07, 6.45) is 4.23. The molecule has 0 radical (unpaired) electrons. The van der Waals surface area contributed by atoms with Crippen molar-refractivity contribution in [3.05, 3.63) is 12.4 Å². The maximum Gasteiger partial charge on any atom is 0.246 e. The van der Waals surface area contributed by atoms with Gasteiger partial charge in [-0.15, -0.1) is 0 Å². The van der Waals surface area contributed by atoms with E-state index in [1.807, 2.05) is 0 Å². The molecule has 0 bridgehead atoms. The molecule has 0 aromatic carbocycles. The molecule has 0 saturated carbocycles. The van der Waals surface area contributed by atoms with Gasteiger partial charge in [0.1, 0.15) is 4.90 Å². The highest BCUT2D eigenvalue weighted by Crippen LogP contribution is 2.30. The van der Waals surface area contributed by atoms with Crippen LogP contribution in [0.1, 0.15) is 12.8 Å². The van der Waals surface area contributed by atoms with Crippen molar-refractivity contribution in [1.82, 2.24) is 19.8 Å². The molecule has 0 amide bonds. The van der Waals surface area contributed by atoms with E-state index in [1.54, 1.807) is 0 Å². The van der Waals surface area contributed by atoms with E-state index in [4.69, 9.17) is 4.74 Å². The van der Waals surface area contributed by atoms with Gasteiger partial charge in [-0.3, -0.25) is 5.10 Å². The number of aromatic nitrogens is 2. The second-order valence-electron chi connectivity index (χ2n) is 5.05. The highest BCUT2D eigenvalue weighted by atomic mass is 32.2. The van der Waals surface area contributed by atoms with Crippen molar-refractivity contribution in [2.45, 2.75) is 23.3 Å². The van der Waals surface area contributed by atoms with Crippen LogP contribution in [0.2, 0.25) is 0 Å². The number of ether oxygens (including phenoxy) is 1. The summed E-state index contributed by atoms with van der Waals surface area (Å²) in [5.41, 5.74) is -0.180. The Labute approximate surface area is 112 Å². The summed E-state index contributed by atoms with van der Waals surface area (Å²) in [5.74, 6) is 0. The molecule has 3 heterocycles. The Hall–Kier alpha value is -0.960. The first-order valence-electron chi connectivity index (χ1n) is 6.46. The number of piperidine rings is 1. The van der Waals surface area contributed by atoms with Crippen molar-refractivity contribution >= 4 is 10.0 Å². The fraction of sp³-hybridized carbons (Fsp3) is 0.727. The van der Waals surface area contributed by atoms with Gasteiger partial charge in [-0.25, -0.2) is 8.42 Å². The predicted molar refractivity (Wildman–Crippen MR) is 68.1 cm³/mol. The van der Waals surface area contributed by atoms with Gasteiger partial charge in [0.05, 0.1) is 18.4 Å². The maximum absolute atomic E-state index is 12.3. The molecular formula is C11H18N4O3S. The second kappa shape index (κ2) is 4.86. The molecule has 2 N–H and O–H groups in total. The van der Waals surface area contributed by atoms with E-state index in [1.165, 1.54) is 16.7 Å². The van der Waals surface area contributed by atoms with E-state index in [-0.39, 0.29) is 10.5 Å². The van der Waals surface area contributed by atoms with Crippen LogP contribution < -0.4 is 5.32 Å². The largest absolute Gasteiger partial charge is 0.372 e. The van der Waals surface area contributed by atoms with Crippen LogP contribution in [0.3, 0.4) is 0 Å². The van der Waals surface area contributed by atoms with Crippen molar-refractivity contribution in [2.75, 3.05) is 32.8 Å². The van der Waals surface area contributed by atoms with Crippen LogP contribution >= 0.6 is 0 Å². The zero-order chi connectivity index (χ0) is 13.3. The Balaban J connectivity index is 1.70. The van der Waals surface area contributed by atoms with E-state index >= 15 is 0 Å². The summed E-state index contributed by atoms with van der Waals surface area (Å²) in [6.45, 7) is 3.38. The topological polar surface area (TPSA) is 87.3 Å². The minimum atomic E-state index is -3.41. The number of nitrogens with zero attached hydrogens (tertiary/aromatic N) is 2. The highest BCUT2D eigenvalue weighted by molar-refractivity contribution is 7.89. The molecule has 106 valence electrons. The van der Waals surface area contributed by atoms with Crippen molar-refractivity contribution in [2.24, 2.45) is 0 Å². The lowest BCUT2D eigenvalue weighted by molar-refractivity contribution is -0.0915. The van der Waals surface area contributed by atoms with Crippen molar-refractivity contribution in [3.63, 3.8) is 0 Å². The van der Waals surface area contributed by atoms with Gasteiger partial charge in [0.25, 0.3) is 0 Å². The maximum atomic E-state index is 12.3. The molecule has 1 aromatic rings. The van der Waals surface area contributed by atoms with E-state index in [2.05, 4.69) is 15.5 Å². The number of hydrogen-bond acceptors (Lipinski definition) is 5. The van der Waals surface area contributed by atoms with Crippen molar-refractivity contribution in [1.29, 1.82) is 0 Å². The van der Waals surface area contributed by atoms with E-state index < -0.39 is 10.0 Å². The van der Waals surface area contributed by atoms with Crippen LogP contribution in [0.5, 0.6) is 0 Å². The molecule has 7 nitrogen and oxygen atoms in total. The summed E-state index contributed by atoms with van der Waals surface area (Å²) >= 11 is 0. The van der Waals surface area contributed by atoms with Gasteiger partial charge < -0.3 is 10.1 Å². The molecular weight excluding hydrogens is 268 g/mol. The summed E-state index contributed by atoms with van der Waals surface area (Å²) in [4.78, 5) is 0.228. The molecule has 2 fully saturated rings. The fourth-order valence-electron chi connectivity index (χ4n) is 2.69. The van der Waals surface area contributed by atoms with Gasteiger partial charge >= 0.3 is 0 Å². The van der Waals surface area contributed by atoms with Crippen LogP contribution in [-0.4, -0.2) is 61.3 Å². The minimum absolute atomic E-state index is 0.180. The van der Waals surface area contributed by atoms with Crippen LogP contribution in [-0.2, 0) is 14.8 Å². The molecule has 2 aliphatic rings. The van der Waals surface area contributed by atoms with E-state index in [9.17, 15) is 8.42 Å². The molecule has 0 atom stereocenters. The van der Waals surface area contributed by atoms with Gasteiger partial charge in [-0.2, -0.15) is 9.40 Å². The van der Waals surface area contributed by atoms with Gasteiger partial charge in [0.2, 0.25) is 10.0 Å². The summed E-state index contributed by atoms with van der Waals surface area (Å²) < 4.78 is 32.0. The number of rotatable bonds is 2. The third-order valence-corrected chi connectivity index (χ3v) is 5.74. The quantitative estimate of drug-likeness (QED) is 0.769. The first-order valence-corrected chi connectivity index (χ1v) is 7.90. The van der Waals surface area contributed by atoms with Gasteiger partial charge in [0, 0.05) is 32.4 Å². The van der Waals surface area contributed by atoms with Crippen LogP contribution in [0.4, 0.5) is 0 Å². The average molecular weight is 286 g/mol. The highest BCUT2D eigenvalue weighted by Gasteiger charge is 2.40. The second-order valence-corrected chi connectivity index (χ2v) is 6.98. The third-order valence-electron chi connectivity index (χ3n) is 3.88. The monoisotopic (exact) mass is 286 g/mol. The fourth-order valence-corrected chi connectivity index (χ4v) is 4.04. The normalized spacial score (nSPS) is 24.6. The molecule has 19 heavy (non-hydrogen) atoms. The standard InChI is InChI=1S/C11H18N4O3S/c16-19(17,10-7-13-14-8-10)15-4-1-11(2-5-15)9-12-3-6-18-11/h7-8,12H,1-6,9H2,(H,13,14). The zero-order valence-electron chi connectivity index (χ0n) is 10.6. The Bertz CT molecular complexity index is 512. The Morgan fingerprint density at radius 1 is 1.37 bits per heavy atom. The molecule has 2 saturated heterocycles. The SMILES string of the molecule is O=S(=O)(c1cn[nH]c1)N1CCC2(CC1)CNCCO2.